The number of nitrogens with one attached hydrogen (secondary N) is 1. The molecule has 0 radical (unpaired) electrons. The number of aromatic nitrogens is 1. The van der Waals surface area contributed by atoms with Crippen LogP contribution in [0, 0.1) is 6.92 Å². The Kier molecular flexibility index (Phi) is 4.08. The molecule has 3 heteroatoms. The summed E-state index contributed by atoms with van der Waals surface area (Å²) in [6, 6.07) is 0. The molecule has 0 aliphatic rings. The van der Waals surface area contributed by atoms with Gasteiger partial charge in [0.15, 0.2) is 0 Å². The van der Waals surface area contributed by atoms with E-state index in [1.165, 1.54) is 5.01 Å². The summed E-state index contributed by atoms with van der Waals surface area (Å²) in [5.74, 6) is 0. The molecule has 1 N–H and O–H groups in total. The van der Waals surface area contributed by atoms with E-state index in [-0.39, 0.29) is 5.54 Å². The number of rotatable bonds is 5. The second-order valence-electron chi connectivity index (χ2n) is 3.61. The van der Waals surface area contributed by atoms with Gasteiger partial charge in [-0.25, -0.2) is 4.98 Å². The Morgan fingerprint density at radius 1 is 1.36 bits per heavy atom. The van der Waals surface area contributed by atoms with Crippen LogP contribution in [0.2, 0.25) is 0 Å². The molecule has 14 heavy (non-hydrogen) atoms. The molecule has 1 aromatic rings. The van der Waals surface area contributed by atoms with E-state index in [1.54, 1.807) is 11.3 Å². The predicted octanol–water partition coefficient (Wildman–Crippen LogP) is 3.08. The van der Waals surface area contributed by atoms with Crippen molar-refractivity contribution < 1.29 is 0 Å². The van der Waals surface area contributed by atoms with Crippen molar-refractivity contribution in [3.63, 3.8) is 0 Å². The molecule has 0 aliphatic heterocycles. The molecular weight excluding hydrogens is 192 g/mol. The van der Waals surface area contributed by atoms with Gasteiger partial charge in [0.2, 0.25) is 0 Å². The maximum atomic E-state index is 4.60. The summed E-state index contributed by atoms with van der Waals surface area (Å²) >= 11 is 1.77. The quantitative estimate of drug-likeness (QED) is 0.811. The molecule has 2 nitrogen and oxygen atoms in total. The molecule has 0 amide bonds. The Labute approximate surface area is 90.8 Å². The molecule has 0 aromatic carbocycles. The maximum absolute atomic E-state index is 4.60. The van der Waals surface area contributed by atoms with Crippen molar-refractivity contribution >= 4 is 11.3 Å². The van der Waals surface area contributed by atoms with Gasteiger partial charge in [-0.05, 0) is 26.3 Å². The Morgan fingerprint density at radius 2 is 2.00 bits per heavy atom. The van der Waals surface area contributed by atoms with Crippen molar-refractivity contribution in [1.82, 2.24) is 10.3 Å². The number of nitrogens with zero attached hydrogens (tertiary/aromatic N) is 1. The average Bonchev–Trinajstić information content (AvgIpc) is 2.62. The highest BCUT2D eigenvalue weighted by molar-refractivity contribution is 7.09. The topological polar surface area (TPSA) is 24.9 Å². The van der Waals surface area contributed by atoms with Crippen LogP contribution in [0.15, 0.2) is 5.38 Å². The first-order chi connectivity index (χ1) is 6.68. The van der Waals surface area contributed by atoms with E-state index < -0.39 is 0 Å². The molecule has 0 aliphatic carbocycles. The van der Waals surface area contributed by atoms with Gasteiger partial charge in [-0.3, -0.25) is 0 Å². The third-order valence-electron chi connectivity index (χ3n) is 2.75. The molecule has 0 atom stereocenters. The Hall–Kier alpha value is -0.410. The van der Waals surface area contributed by atoms with Gasteiger partial charge in [0, 0.05) is 11.1 Å². The van der Waals surface area contributed by atoms with E-state index in [0.29, 0.717) is 0 Å². The second-order valence-corrected chi connectivity index (χ2v) is 4.47. The number of thiazole rings is 1. The van der Waals surface area contributed by atoms with Gasteiger partial charge in [0.25, 0.3) is 0 Å². The third-order valence-corrected chi connectivity index (χ3v) is 3.91. The lowest BCUT2D eigenvalue weighted by Crippen LogP contribution is -2.41. The van der Waals surface area contributed by atoms with Crippen molar-refractivity contribution in [3.8, 4) is 0 Å². The summed E-state index contributed by atoms with van der Waals surface area (Å²) in [5, 5.41) is 6.94. The van der Waals surface area contributed by atoms with Gasteiger partial charge >= 0.3 is 0 Å². The first-order valence-electron chi connectivity index (χ1n) is 5.36. The van der Waals surface area contributed by atoms with Gasteiger partial charge < -0.3 is 5.32 Å². The van der Waals surface area contributed by atoms with Crippen molar-refractivity contribution in [2.45, 2.75) is 46.1 Å². The van der Waals surface area contributed by atoms with Crippen molar-refractivity contribution in [2.75, 3.05) is 6.54 Å². The summed E-state index contributed by atoms with van der Waals surface area (Å²) in [5.41, 5.74) is 1.24. The molecule has 0 spiro atoms. The zero-order valence-electron chi connectivity index (χ0n) is 9.55. The lowest BCUT2D eigenvalue weighted by molar-refractivity contribution is 0.314. The van der Waals surface area contributed by atoms with Gasteiger partial charge in [-0.1, -0.05) is 20.8 Å². The minimum atomic E-state index is 0.105. The monoisotopic (exact) mass is 212 g/mol. The average molecular weight is 212 g/mol. The first-order valence-corrected chi connectivity index (χ1v) is 6.24. The van der Waals surface area contributed by atoms with Crippen LogP contribution in [0.1, 0.15) is 44.3 Å². The van der Waals surface area contributed by atoms with E-state index in [1.807, 2.05) is 0 Å². The lowest BCUT2D eigenvalue weighted by atomic mass is 9.93. The summed E-state index contributed by atoms with van der Waals surface area (Å²) in [6.07, 6.45) is 2.20. The Morgan fingerprint density at radius 3 is 2.36 bits per heavy atom. The fraction of sp³-hybridized carbons (Fsp3) is 0.727. The summed E-state index contributed by atoms with van der Waals surface area (Å²) in [6.45, 7) is 9.66. The van der Waals surface area contributed by atoms with E-state index in [4.69, 9.17) is 0 Å². The van der Waals surface area contributed by atoms with Crippen LogP contribution in [0.25, 0.3) is 0 Å². The van der Waals surface area contributed by atoms with Gasteiger partial charge in [-0.15, -0.1) is 11.3 Å². The van der Waals surface area contributed by atoms with Crippen molar-refractivity contribution in [2.24, 2.45) is 0 Å². The molecule has 0 bridgehead atoms. The van der Waals surface area contributed by atoms with Crippen LogP contribution in [-0.4, -0.2) is 11.5 Å². The molecule has 1 heterocycles. The Balaban J connectivity index is 2.97. The second kappa shape index (κ2) is 4.89. The van der Waals surface area contributed by atoms with E-state index in [0.717, 1.165) is 25.1 Å². The number of hydrogen-bond acceptors (Lipinski definition) is 3. The number of hydrogen-bond donors (Lipinski definition) is 1. The fourth-order valence-corrected chi connectivity index (χ4v) is 2.91. The molecule has 1 rings (SSSR count). The molecule has 0 unspecified atom stereocenters. The molecule has 80 valence electrons. The summed E-state index contributed by atoms with van der Waals surface area (Å²) < 4.78 is 0. The van der Waals surface area contributed by atoms with E-state index >= 15 is 0 Å². The van der Waals surface area contributed by atoms with Crippen molar-refractivity contribution in [3.05, 3.63) is 16.1 Å². The molecule has 0 saturated carbocycles. The highest BCUT2D eigenvalue weighted by atomic mass is 32.1. The zero-order valence-corrected chi connectivity index (χ0v) is 10.4. The highest BCUT2D eigenvalue weighted by Crippen LogP contribution is 2.30. The number of aryl methyl sites for hydroxylation is 1. The van der Waals surface area contributed by atoms with Crippen LogP contribution < -0.4 is 5.32 Å². The van der Waals surface area contributed by atoms with Gasteiger partial charge in [-0.2, -0.15) is 0 Å². The summed E-state index contributed by atoms with van der Waals surface area (Å²) in [4.78, 5) is 4.60. The normalized spacial score (nSPS) is 12.0. The predicted molar refractivity (Wildman–Crippen MR) is 62.8 cm³/mol. The van der Waals surface area contributed by atoms with Gasteiger partial charge in [0.05, 0.1) is 5.54 Å². The van der Waals surface area contributed by atoms with E-state index in [2.05, 4.69) is 43.4 Å². The van der Waals surface area contributed by atoms with E-state index in [9.17, 15) is 0 Å². The first kappa shape index (κ1) is 11.7. The van der Waals surface area contributed by atoms with Crippen LogP contribution in [-0.2, 0) is 5.54 Å². The third kappa shape index (κ3) is 2.15. The minimum absolute atomic E-state index is 0.105. The molecular formula is C11H20N2S. The largest absolute Gasteiger partial charge is 0.306 e. The lowest BCUT2D eigenvalue weighted by Gasteiger charge is -2.30. The van der Waals surface area contributed by atoms with Crippen LogP contribution >= 0.6 is 11.3 Å². The standard InChI is InChI=1S/C11H20N2S/c1-5-11(6-2,12-7-3)10-13-9(4)8-14-10/h8,12H,5-7H2,1-4H3. The van der Waals surface area contributed by atoms with Crippen LogP contribution in [0.4, 0.5) is 0 Å². The SMILES string of the molecule is CCNC(CC)(CC)c1nc(C)cs1. The van der Waals surface area contributed by atoms with Crippen molar-refractivity contribution in [1.29, 1.82) is 0 Å². The smallest absolute Gasteiger partial charge is 0.113 e. The maximum Gasteiger partial charge on any atom is 0.113 e. The molecule has 1 aromatic heterocycles. The molecule has 0 saturated heterocycles. The van der Waals surface area contributed by atoms with Crippen LogP contribution in [0.3, 0.4) is 0 Å². The van der Waals surface area contributed by atoms with Gasteiger partial charge in [0.1, 0.15) is 5.01 Å². The van der Waals surface area contributed by atoms with Crippen LogP contribution in [0.5, 0.6) is 0 Å². The fourth-order valence-electron chi connectivity index (χ4n) is 1.79. The Bertz CT molecular complexity index is 277. The minimum Gasteiger partial charge on any atom is -0.306 e. The zero-order chi connectivity index (χ0) is 10.6. The molecule has 0 fully saturated rings. The highest BCUT2D eigenvalue weighted by Gasteiger charge is 2.29. The summed E-state index contributed by atoms with van der Waals surface area (Å²) in [7, 11) is 0.